The molecule has 0 aromatic heterocycles. The Morgan fingerprint density at radius 2 is 1.56 bits per heavy atom. The van der Waals surface area contributed by atoms with Gasteiger partial charge in [-0.1, -0.05) is 44.2 Å². The molecule has 0 radical (unpaired) electrons. The standard InChI is InChI=1S/C17H27N/c1-3-18(4-2)17-12-10-16(11-13-17)14-15-8-6-5-7-9-15/h10-13,15H,3-9,14H2,1-2H3. The Labute approximate surface area is 112 Å². The van der Waals surface area contributed by atoms with Crippen molar-refractivity contribution in [2.45, 2.75) is 52.4 Å². The topological polar surface area (TPSA) is 3.24 Å². The maximum absolute atomic E-state index is 2.41. The van der Waals surface area contributed by atoms with E-state index in [4.69, 9.17) is 0 Å². The lowest BCUT2D eigenvalue weighted by molar-refractivity contribution is 0.356. The first-order valence-corrected chi connectivity index (χ1v) is 7.67. The third-order valence-corrected chi connectivity index (χ3v) is 4.31. The first-order chi connectivity index (χ1) is 8.83. The number of benzene rings is 1. The lowest BCUT2D eigenvalue weighted by Crippen LogP contribution is -2.21. The second-order valence-electron chi connectivity index (χ2n) is 5.55. The summed E-state index contributed by atoms with van der Waals surface area (Å²) in [5.41, 5.74) is 2.89. The van der Waals surface area contributed by atoms with E-state index in [-0.39, 0.29) is 0 Å². The van der Waals surface area contributed by atoms with E-state index in [9.17, 15) is 0 Å². The van der Waals surface area contributed by atoms with E-state index in [1.807, 2.05) is 0 Å². The fraction of sp³-hybridized carbons (Fsp3) is 0.647. The molecule has 0 aliphatic heterocycles. The van der Waals surface area contributed by atoms with Crippen molar-refractivity contribution < 1.29 is 0 Å². The second kappa shape index (κ2) is 6.82. The smallest absolute Gasteiger partial charge is 0.0366 e. The van der Waals surface area contributed by atoms with Crippen molar-refractivity contribution in [1.82, 2.24) is 0 Å². The van der Waals surface area contributed by atoms with E-state index in [0.29, 0.717) is 0 Å². The second-order valence-corrected chi connectivity index (χ2v) is 5.55. The van der Waals surface area contributed by atoms with Crippen LogP contribution in [0, 0.1) is 5.92 Å². The van der Waals surface area contributed by atoms with Crippen molar-refractivity contribution in [3.8, 4) is 0 Å². The zero-order valence-corrected chi connectivity index (χ0v) is 12.0. The molecule has 1 aliphatic carbocycles. The van der Waals surface area contributed by atoms with Crippen LogP contribution in [0.2, 0.25) is 0 Å². The normalized spacial score (nSPS) is 16.8. The minimum atomic E-state index is 0.943. The lowest BCUT2D eigenvalue weighted by Gasteiger charge is -2.23. The maximum Gasteiger partial charge on any atom is 0.0366 e. The van der Waals surface area contributed by atoms with E-state index in [1.165, 1.54) is 49.8 Å². The summed E-state index contributed by atoms with van der Waals surface area (Å²) in [6.45, 7) is 6.63. The number of hydrogen-bond acceptors (Lipinski definition) is 1. The van der Waals surface area contributed by atoms with Crippen LogP contribution in [-0.4, -0.2) is 13.1 Å². The largest absolute Gasteiger partial charge is 0.372 e. The van der Waals surface area contributed by atoms with Crippen molar-refractivity contribution in [3.63, 3.8) is 0 Å². The molecule has 0 heterocycles. The third-order valence-electron chi connectivity index (χ3n) is 4.31. The van der Waals surface area contributed by atoms with Gasteiger partial charge in [0.1, 0.15) is 0 Å². The zero-order chi connectivity index (χ0) is 12.8. The van der Waals surface area contributed by atoms with Gasteiger partial charge in [-0.2, -0.15) is 0 Å². The number of rotatable bonds is 5. The van der Waals surface area contributed by atoms with Gasteiger partial charge >= 0.3 is 0 Å². The highest BCUT2D eigenvalue weighted by Gasteiger charge is 2.13. The van der Waals surface area contributed by atoms with E-state index in [0.717, 1.165) is 19.0 Å². The van der Waals surface area contributed by atoms with Gasteiger partial charge in [0.25, 0.3) is 0 Å². The van der Waals surface area contributed by atoms with Gasteiger partial charge in [0.2, 0.25) is 0 Å². The molecule has 0 atom stereocenters. The van der Waals surface area contributed by atoms with Crippen molar-refractivity contribution >= 4 is 5.69 Å². The molecule has 0 amide bonds. The fourth-order valence-electron chi connectivity index (χ4n) is 3.16. The van der Waals surface area contributed by atoms with E-state index in [1.54, 1.807) is 0 Å². The predicted octanol–water partition coefficient (Wildman–Crippen LogP) is 4.66. The highest BCUT2D eigenvalue weighted by molar-refractivity contribution is 5.47. The average molecular weight is 245 g/mol. The van der Waals surface area contributed by atoms with Gasteiger partial charge in [-0.05, 0) is 43.9 Å². The molecule has 1 heteroatoms. The van der Waals surface area contributed by atoms with E-state index in [2.05, 4.69) is 43.0 Å². The fourth-order valence-corrected chi connectivity index (χ4v) is 3.16. The van der Waals surface area contributed by atoms with Crippen LogP contribution in [0.4, 0.5) is 5.69 Å². The molecule has 18 heavy (non-hydrogen) atoms. The molecule has 0 unspecified atom stereocenters. The van der Waals surface area contributed by atoms with Crippen molar-refractivity contribution in [2.75, 3.05) is 18.0 Å². The number of nitrogens with zero attached hydrogens (tertiary/aromatic N) is 1. The SMILES string of the molecule is CCN(CC)c1ccc(CC2CCCCC2)cc1. The first kappa shape index (κ1) is 13.5. The molecule has 0 bridgehead atoms. The summed E-state index contributed by atoms with van der Waals surface area (Å²) in [5, 5.41) is 0. The van der Waals surface area contributed by atoms with Crippen molar-refractivity contribution in [3.05, 3.63) is 29.8 Å². The van der Waals surface area contributed by atoms with Gasteiger partial charge < -0.3 is 4.90 Å². The Morgan fingerprint density at radius 1 is 0.944 bits per heavy atom. The molecule has 1 aromatic carbocycles. The van der Waals surface area contributed by atoms with Gasteiger partial charge in [0.15, 0.2) is 0 Å². The molecule has 1 aliphatic rings. The van der Waals surface area contributed by atoms with Crippen LogP contribution in [0.25, 0.3) is 0 Å². The molecule has 1 aromatic rings. The van der Waals surface area contributed by atoms with Gasteiger partial charge in [-0.3, -0.25) is 0 Å². The van der Waals surface area contributed by atoms with Crippen molar-refractivity contribution in [2.24, 2.45) is 5.92 Å². The Kier molecular flexibility index (Phi) is 5.10. The zero-order valence-electron chi connectivity index (χ0n) is 12.0. The summed E-state index contributed by atoms with van der Waals surface area (Å²) >= 11 is 0. The Morgan fingerprint density at radius 3 is 2.11 bits per heavy atom. The summed E-state index contributed by atoms with van der Waals surface area (Å²) in [7, 11) is 0. The van der Waals surface area contributed by atoms with Crippen LogP contribution >= 0.6 is 0 Å². The number of anilines is 1. The highest BCUT2D eigenvalue weighted by atomic mass is 15.1. The predicted molar refractivity (Wildman–Crippen MR) is 80.3 cm³/mol. The minimum Gasteiger partial charge on any atom is -0.372 e. The van der Waals surface area contributed by atoms with Crippen LogP contribution in [0.1, 0.15) is 51.5 Å². The molecule has 1 saturated carbocycles. The monoisotopic (exact) mass is 245 g/mol. The van der Waals surface area contributed by atoms with Gasteiger partial charge in [0.05, 0.1) is 0 Å². The summed E-state index contributed by atoms with van der Waals surface area (Å²) in [4.78, 5) is 2.41. The molecule has 1 fully saturated rings. The first-order valence-electron chi connectivity index (χ1n) is 7.67. The molecule has 0 spiro atoms. The summed E-state index contributed by atoms with van der Waals surface area (Å²) in [5.74, 6) is 0.943. The van der Waals surface area contributed by atoms with Crippen LogP contribution < -0.4 is 4.90 Å². The quantitative estimate of drug-likeness (QED) is 0.729. The Bertz CT molecular complexity index is 331. The summed E-state index contributed by atoms with van der Waals surface area (Å²) in [6.07, 6.45) is 8.52. The third kappa shape index (κ3) is 3.51. The van der Waals surface area contributed by atoms with Crippen LogP contribution in [0.5, 0.6) is 0 Å². The average Bonchev–Trinajstić information content (AvgIpc) is 2.43. The molecular formula is C17H27N. The van der Waals surface area contributed by atoms with Crippen LogP contribution in [0.3, 0.4) is 0 Å². The number of hydrogen-bond donors (Lipinski definition) is 0. The Hall–Kier alpha value is -0.980. The Balaban J connectivity index is 1.94. The van der Waals surface area contributed by atoms with Gasteiger partial charge in [-0.15, -0.1) is 0 Å². The van der Waals surface area contributed by atoms with E-state index >= 15 is 0 Å². The van der Waals surface area contributed by atoms with Crippen LogP contribution in [0.15, 0.2) is 24.3 Å². The van der Waals surface area contributed by atoms with Gasteiger partial charge in [-0.25, -0.2) is 0 Å². The highest BCUT2D eigenvalue weighted by Crippen LogP contribution is 2.27. The molecule has 2 rings (SSSR count). The lowest BCUT2D eigenvalue weighted by atomic mass is 9.85. The molecule has 1 nitrogen and oxygen atoms in total. The molecule has 100 valence electrons. The van der Waals surface area contributed by atoms with Gasteiger partial charge in [0, 0.05) is 18.8 Å². The van der Waals surface area contributed by atoms with Crippen molar-refractivity contribution in [1.29, 1.82) is 0 Å². The summed E-state index contributed by atoms with van der Waals surface area (Å²) in [6, 6.07) is 9.26. The minimum absolute atomic E-state index is 0.943. The molecule has 0 saturated heterocycles. The summed E-state index contributed by atoms with van der Waals surface area (Å²) < 4.78 is 0. The molecule has 0 N–H and O–H groups in total. The van der Waals surface area contributed by atoms with E-state index < -0.39 is 0 Å². The van der Waals surface area contributed by atoms with Crippen LogP contribution in [-0.2, 0) is 6.42 Å². The maximum atomic E-state index is 2.41. The molecular weight excluding hydrogens is 218 g/mol.